The van der Waals surface area contributed by atoms with Gasteiger partial charge in [-0.3, -0.25) is 0 Å². The minimum absolute atomic E-state index is 0.384. The molecule has 0 saturated heterocycles. The summed E-state index contributed by atoms with van der Waals surface area (Å²) in [6.07, 6.45) is 1.12. The van der Waals surface area contributed by atoms with Crippen molar-refractivity contribution in [2.24, 2.45) is 0 Å². The molecule has 0 amide bonds. The van der Waals surface area contributed by atoms with Crippen LogP contribution in [0.15, 0.2) is 18.3 Å². The Morgan fingerprint density at radius 1 is 1.54 bits per heavy atom. The lowest BCUT2D eigenvalue weighted by atomic mass is 10.2. The summed E-state index contributed by atoms with van der Waals surface area (Å²) in [4.78, 5) is 11.4. The number of ether oxygens (including phenoxy) is 1. The Balaban J connectivity index is 2.76. The third-order valence-corrected chi connectivity index (χ3v) is 1.37. The summed E-state index contributed by atoms with van der Waals surface area (Å²) in [5, 5.41) is 0. The number of nitrogens with two attached hydrogens (primary N) is 1. The molecule has 0 unspecified atom stereocenters. The summed E-state index contributed by atoms with van der Waals surface area (Å²) in [6, 6.07) is 3.34. The van der Waals surface area contributed by atoms with Gasteiger partial charge in [0.25, 0.3) is 0 Å². The summed E-state index contributed by atoms with van der Waals surface area (Å²) in [5.74, 6) is 0.384. The summed E-state index contributed by atoms with van der Waals surface area (Å²) in [5.41, 5.74) is 5.03. The van der Waals surface area contributed by atoms with E-state index >= 15 is 0 Å². The van der Waals surface area contributed by atoms with E-state index in [9.17, 15) is 4.79 Å². The number of hydrogen-bond donors (Lipinski definition) is 1. The maximum absolute atomic E-state index is 11.4. The van der Waals surface area contributed by atoms with Gasteiger partial charge >= 0.3 is 6.09 Å². The first-order valence-corrected chi connectivity index (χ1v) is 4.06. The lowest BCUT2D eigenvalue weighted by Crippen LogP contribution is -2.27. The highest BCUT2D eigenvalue weighted by Gasteiger charge is 2.18. The minimum atomic E-state index is -0.492. The molecule has 0 saturated carbocycles. The van der Waals surface area contributed by atoms with Crippen molar-refractivity contribution in [1.82, 2.24) is 4.57 Å². The van der Waals surface area contributed by atoms with E-state index in [1.165, 1.54) is 4.57 Å². The number of aromatic nitrogens is 1. The predicted octanol–water partition coefficient (Wildman–Crippen LogP) is 1.85. The maximum atomic E-state index is 11.4. The monoisotopic (exact) mass is 182 g/mol. The van der Waals surface area contributed by atoms with Crippen molar-refractivity contribution >= 4 is 11.9 Å². The van der Waals surface area contributed by atoms with E-state index in [2.05, 4.69) is 0 Å². The zero-order valence-corrected chi connectivity index (χ0v) is 8.07. The first-order chi connectivity index (χ1) is 5.90. The molecular weight excluding hydrogens is 168 g/mol. The van der Waals surface area contributed by atoms with Crippen LogP contribution < -0.4 is 5.73 Å². The normalized spacial score (nSPS) is 11.3. The number of anilines is 1. The molecule has 0 bridgehead atoms. The van der Waals surface area contributed by atoms with E-state index in [4.69, 9.17) is 10.5 Å². The van der Waals surface area contributed by atoms with Crippen molar-refractivity contribution < 1.29 is 9.53 Å². The van der Waals surface area contributed by atoms with E-state index in [1.54, 1.807) is 18.3 Å². The van der Waals surface area contributed by atoms with E-state index < -0.39 is 11.7 Å². The zero-order chi connectivity index (χ0) is 10.1. The van der Waals surface area contributed by atoms with Crippen LogP contribution in [0, 0.1) is 0 Å². The van der Waals surface area contributed by atoms with Crippen molar-refractivity contribution in [3.8, 4) is 0 Å². The van der Waals surface area contributed by atoms with Crippen LogP contribution in [-0.4, -0.2) is 16.3 Å². The molecule has 0 aromatic carbocycles. The number of nitrogen functional groups attached to an aromatic ring is 1. The quantitative estimate of drug-likeness (QED) is 0.666. The van der Waals surface area contributed by atoms with Gasteiger partial charge in [0.2, 0.25) is 0 Å². The molecule has 0 aliphatic carbocycles. The molecular formula is C9H14N2O2. The van der Waals surface area contributed by atoms with E-state index in [0.717, 1.165) is 0 Å². The Kier molecular flexibility index (Phi) is 2.32. The molecule has 0 atom stereocenters. The predicted molar refractivity (Wildman–Crippen MR) is 50.5 cm³/mol. The van der Waals surface area contributed by atoms with Crippen LogP contribution in [0.3, 0.4) is 0 Å². The Morgan fingerprint density at radius 3 is 2.54 bits per heavy atom. The molecule has 0 aliphatic heterocycles. The van der Waals surface area contributed by atoms with E-state index in [-0.39, 0.29) is 0 Å². The molecule has 72 valence electrons. The topological polar surface area (TPSA) is 57.2 Å². The standard InChI is InChI=1S/C9H14N2O2/c1-9(2,3)13-8(12)11-6-4-5-7(11)10/h4-6H,10H2,1-3H3. The average molecular weight is 182 g/mol. The van der Waals surface area contributed by atoms with Crippen molar-refractivity contribution in [2.75, 3.05) is 5.73 Å². The molecule has 4 nitrogen and oxygen atoms in total. The molecule has 1 heterocycles. The Bertz CT molecular complexity index is 310. The van der Waals surface area contributed by atoms with E-state index in [1.807, 2.05) is 20.8 Å². The van der Waals surface area contributed by atoms with Gasteiger partial charge in [-0.25, -0.2) is 9.36 Å². The minimum Gasteiger partial charge on any atom is -0.443 e. The van der Waals surface area contributed by atoms with Crippen LogP contribution in [0.2, 0.25) is 0 Å². The Morgan fingerprint density at radius 2 is 2.15 bits per heavy atom. The molecule has 13 heavy (non-hydrogen) atoms. The second-order valence-electron chi connectivity index (χ2n) is 3.78. The third kappa shape index (κ3) is 2.50. The van der Waals surface area contributed by atoms with Crippen LogP contribution in [0.25, 0.3) is 0 Å². The van der Waals surface area contributed by atoms with Gasteiger partial charge in [0.15, 0.2) is 0 Å². The maximum Gasteiger partial charge on any atom is 0.420 e. The van der Waals surface area contributed by atoms with Crippen LogP contribution >= 0.6 is 0 Å². The first-order valence-electron chi connectivity index (χ1n) is 4.06. The molecule has 0 spiro atoms. The zero-order valence-electron chi connectivity index (χ0n) is 8.07. The highest BCUT2D eigenvalue weighted by Crippen LogP contribution is 2.11. The largest absolute Gasteiger partial charge is 0.443 e. The van der Waals surface area contributed by atoms with Crippen LogP contribution in [0.1, 0.15) is 20.8 Å². The number of hydrogen-bond acceptors (Lipinski definition) is 3. The van der Waals surface area contributed by atoms with Gasteiger partial charge in [-0.05, 0) is 32.9 Å². The van der Waals surface area contributed by atoms with Crippen LogP contribution in [-0.2, 0) is 4.74 Å². The smallest absolute Gasteiger partial charge is 0.420 e. The van der Waals surface area contributed by atoms with Gasteiger partial charge in [0.05, 0.1) is 0 Å². The van der Waals surface area contributed by atoms with Gasteiger partial charge in [-0.15, -0.1) is 0 Å². The molecule has 2 N–H and O–H groups in total. The first kappa shape index (κ1) is 9.64. The molecule has 1 aromatic rings. The van der Waals surface area contributed by atoms with E-state index in [0.29, 0.717) is 5.82 Å². The van der Waals surface area contributed by atoms with Crippen molar-refractivity contribution in [3.63, 3.8) is 0 Å². The average Bonchev–Trinajstić information content (AvgIpc) is 2.30. The summed E-state index contributed by atoms with van der Waals surface area (Å²) < 4.78 is 6.38. The van der Waals surface area contributed by atoms with Gasteiger partial charge in [-0.2, -0.15) is 0 Å². The summed E-state index contributed by atoms with van der Waals surface area (Å²) >= 11 is 0. The molecule has 0 fully saturated rings. The lowest BCUT2D eigenvalue weighted by Gasteiger charge is -2.19. The van der Waals surface area contributed by atoms with Crippen LogP contribution in [0.5, 0.6) is 0 Å². The highest BCUT2D eigenvalue weighted by atomic mass is 16.6. The third-order valence-electron chi connectivity index (χ3n) is 1.37. The fourth-order valence-electron chi connectivity index (χ4n) is 0.871. The summed E-state index contributed by atoms with van der Waals surface area (Å²) in [7, 11) is 0. The van der Waals surface area contributed by atoms with Crippen molar-refractivity contribution in [1.29, 1.82) is 0 Å². The molecule has 1 rings (SSSR count). The van der Waals surface area contributed by atoms with Crippen molar-refractivity contribution in [2.45, 2.75) is 26.4 Å². The molecule has 0 aliphatic rings. The fourth-order valence-corrected chi connectivity index (χ4v) is 0.871. The second kappa shape index (κ2) is 3.12. The van der Waals surface area contributed by atoms with Crippen LogP contribution in [0.4, 0.5) is 10.6 Å². The van der Waals surface area contributed by atoms with Gasteiger partial charge in [-0.1, -0.05) is 0 Å². The summed E-state index contributed by atoms with van der Waals surface area (Å²) in [6.45, 7) is 5.43. The van der Waals surface area contributed by atoms with Crippen molar-refractivity contribution in [3.05, 3.63) is 18.3 Å². The number of rotatable bonds is 0. The SMILES string of the molecule is CC(C)(C)OC(=O)n1cccc1N. The van der Waals surface area contributed by atoms with Gasteiger partial charge < -0.3 is 10.5 Å². The molecule has 1 aromatic heterocycles. The highest BCUT2D eigenvalue weighted by molar-refractivity contribution is 5.74. The second-order valence-corrected chi connectivity index (χ2v) is 3.78. The lowest BCUT2D eigenvalue weighted by molar-refractivity contribution is 0.0541. The van der Waals surface area contributed by atoms with Gasteiger partial charge in [0, 0.05) is 6.20 Å². The fraction of sp³-hybridized carbons (Fsp3) is 0.444. The number of nitrogens with zero attached hydrogens (tertiary/aromatic N) is 1. The Hall–Kier alpha value is -1.45. The number of carbonyl (C=O) groups is 1. The molecule has 0 radical (unpaired) electrons. The number of carbonyl (C=O) groups excluding carboxylic acids is 1. The van der Waals surface area contributed by atoms with Gasteiger partial charge in [0.1, 0.15) is 11.4 Å². The Labute approximate surface area is 77.3 Å². The molecule has 4 heteroatoms.